The molecule has 0 atom stereocenters. The molecule has 0 unspecified atom stereocenters. The van der Waals surface area contributed by atoms with Crippen LogP contribution in [0.4, 0.5) is 0 Å². The van der Waals surface area contributed by atoms with Gasteiger partial charge in [-0.05, 0) is 22.3 Å². The van der Waals surface area contributed by atoms with Gasteiger partial charge in [0.25, 0.3) is 0 Å². The lowest BCUT2D eigenvalue weighted by atomic mass is 10.2. The Morgan fingerprint density at radius 1 is 0.303 bits per heavy atom. The van der Waals surface area contributed by atoms with Crippen molar-refractivity contribution in [2.75, 3.05) is 0 Å². The third-order valence-corrected chi connectivity index (χ3v) is 4.31. The Kier molecular flexibility index (Phi) is 18.5. The summed E-state index contributed by atoms with van der Waals surface area (Å²) in [6.45, 7) is 2.56. The van der Waals surface area contributed by atoms with Crippen LogP contribution in [-0.4, -0.2) is 5.48 Å². The first kappa shape index (κ1) is 29.7. The van der Waals surface area contributed by atoms with Crippen LogP contribution in [0.1, 0.15) is 22.3 Å². The molecule has 0 radical (unpaired) electrons. The number of nitrogens with two attached hydrogens (primary N) is 4. The molecule has 0 bridgehead atoms. The molecule has 4 aromatic rings. The topological polar surface area (TPSA) is 136 Å². The van der Waals surface area contributed by atoms with Gasteiger partial charge in [0.1, 0.15) is 0 Å². The first-order valence-electron chi connectivity index (χ1n) is 10.7. The SMILES string of the molecule is NCc1ccccc1.NCc1ccccc1.NCc1ccccc1.NCc1ccccc1.O. The van der Waals surface area contributed by atoms with Gasteiger partial charge in [0.2, 0.25) is 0 Å². The minimum atomic E-state index is 0. The van der Waals surface area contributed by atoms with Crippen molar-refractivity contribution < 1.29 is 5.48 Å². The van der Waals surface area contributed by atoms with Gasteiger partial charge >= 0.3 is 0 Å². The van der Waals surface area contributed by atoms with Crippen LogP contribution in [0.2, 0.25) is 0 Å². The van der Waals surface area contributed by atoms with E-state index in [0.717, 1.165) is 0 Å². The normalized spacial score (nSPS) is 8.85. The van der Waals surface area contributed by atoms with Gasteiger partial charge in [-0.1, -0.05) is 121 Å². The fraction of sp³-hybridized carbons (Fsp3) is 0.143. The monoisotopic (exact) mass is 446 g/mol. The van der Waals surface area contributed by atoms with Crippen molar-refractivity contribution in [3.63, 3.8) is 0 Å². The molecule has 4 rings (SSSR count). The van der Waals surface area contributed by atoms with E-state index in [4.69, 9.17) is 22.9 Å². The molecule has 10 N–H and O–H groups in total. The highest BCUT2D eigenvalue weighted by molar-refractivity contribution is 5.15. The maximum Gasteiger partial charge on any atom is 0.0178 e. The van der Waals surface area contributed by atoms with Gasteiger partial charge in [-0.25, -0.2) is 0 Å². The molecule has 0 aliphatic carbocycles. The molecule has 5 heteroatoms. The summed E-state index contributed by atoms with van der Waals surface area (Å²) in [5.74, 6) is 0. The van der Waals surface area contributed by atoms with Gasteiger partial charge < -0.3 is 28.4 Å². The van der Waals surface area contributed by atoms with Gasteiger partial charge in [-0.2, -0.15) is 0 Å². The molecule has 4 aromatic carbocycles. The average molecular weight is 447 g/mol. The van der Waals surface area contributed by atoms with E-state index in [1.807, 2.05) is 121 Å². The summed E-state index contributed by atoms with van der Waals surface area (Å²) in [5, 5.41) is 0. The Bertz CT molecular complexity index is 747. The Morgan fingerprint density at radius 2 is 0.455 bits per heavy atom. The van der Waals surface area contributed by atoms with E-state index in [-0.39, 0.29) is 5.48 Å². The summed E-state index contributed by atoms with van der Waals surface area (Å²) in [5.41, 5.74) is 26.1. The third kappa shape index (κ3) is 15.2. The van der Waals surface area contributed by atoms with Crippen LogP contribution in [0.5, 0.6) is 0 Å². The molecule has 0 fully saturated rings. The molecular weight excluding hydrogens is 408 g/mol. The van der Waals surface area contributed by atoms with E-state index in [0.29, 0.717) is 26.2 Å². The van der Waals surface area contributed by atoms with Gasteiger partial charge in [-0.15, -0.1) is 0 Å². The minimum Gasteiger partial charge on any atom is -0.412 e. The lowest BCUT2D eigenvalue weighted by molar-refractivity contribution is 0.824. The molecule has 33 heavy (non-hydrogen) atoms. The van der Waals surface area contributed by atoms with Gasteiger partial charge in [0.15, 0.2) is 0 Å². The van der Waals surface area contributed by atoms with Crippen LogP contribution in [0.15, 0.2) is 121 Å². The smallest absolute Gasteiger partial charge is 0.0178 e. The van der Waals surface area contributed by atoms with E-state index in [2.05, 4.69) is 0 Å². The highest BCUT2D eigenvalue weighted by Crippen LogP contribution is 1.96. The number of hydrogen-bond donors (Lipinski definition) is 4. The minimum absolute atomic E-state index is 0. The average Bonchev–Trinajstić information content (AvgIpc) is 2.91. The van der Waals surface area contributed by atoms with Crippen LogP contribution >= 0.6 is 0 Å². The van der Waals surface area contributed by atoms with Gasteiger partial charge in [0.05, 0.1) is 0 Å². The maximum atomic E-state index is 5.35. The van der Waals surface area contributed by atoms with Crippen LogP contribution in [0.3, 0.4) is 0 Å². The van der Waals surface area contributed by atoms with Crippen LogP contribution < -0.4 is 22.9 Å². The largest absolute Gasteiger partial charge is 0.412 e. The van der Waals surface area contributed by atoms with Crippen molar-refractivity contribution in [1.29, 1.82) is 0 Å². The number of rotatable bonds is 4. The summed E-state index contributed by atoms with van der Waals surface area (Å²) in [7, 11) is 0. The number of benzene rings is 4. The molecule has 0 aliphatic rings. The first-order valence-corrected chi connectivity index (χ1v) is 10.7. The van der Waals surface area contributed by atoms with Gasteiger partial charge in [0, 0.05) is 26.2 Å². The molecule has 0 saturated heterocycles. The van der Waals surface area contributed by atoms with Crippen molar-refractivity contribution in [2.24, 2.45) is 22.9 Å². The van der Waals surface area contributed by atoms with Crippen LogP contribution in [0.25, 0.3) is 0 Å². The predicted octanol–water partition coefficient (Wildman–Crippen LogP) is 3.76. The Labute approximate surface area is 198 Å². The van der Waals surface area contributed by atoms with Crippen LogP contribution in [-0.2, 0) is 26.2 Å². The zero-order valence-electron chi connectivity index (χ0n) is 19.2. The lowest BCUT2D eigenvalue weighted by Gasteiger charge is -1.90. The quantitative estimate of drug-likeness (QED) is 0.379. The fourth-order valence-corrected chi connectivity index (χ4v) is 2.46. The van der Waals surface area contributed by atoms with Crippen molar-refractivity contribution in [3.05, 3.63) is 144 Å². The van der Waals surface area contributed by atoms with E-state index in [1.165, 1.54) is 22.3 Å². The second-order valence-electron chi connectivity index (χ2n) is 6.76. The zero-order chi connectivity index (χ0) is 23.3. The Balaban J connectivity index is 0.000000410. The van der Waals surface area contributed by atoms with Crippen molar-refractivity contribution >= 4 is 0 Å². The van der Waals surface area contributed by atoms with Crippen molar-refractivity contribution in [3.8, 4) is 0 Å². The molecule has 0 spiro atoms. The van der Waals surface area contributed by atoms with E-state index in [9.17, 15) is 0 Å². The van der Waals surface area contributed by atoms with Gasteiger partial charge in [-0.3, -0.25) is 0 Å². The Morgan fingerprint density at radius 3 is 0.545 bits per heavy atom. The van der Waals surface area contributed by atoms with E-state index < -0.39 is 0 Å². The molecule has 0 saturated carbocycles. The fourth-order valence-electron chi connectivity index (χ4n) is 2.46. The standard InChI is InChI=1S/4C7H9N.H2O/c4*8-6-7-4-2-1-3-5-7;/h4*1-5H,6,8H2;1H2. The summed E-state index contributed by atoms with van der Waals surface area (Å²) in [6.07, 6.45) is 0. The molecule has 0 amide bonds. The summed E-state index contributed by atoms with van der Waals surface area (Å²) in [4.78, 5) is 0. The molecule has 0 heterocycles. The van der Waals surface area contributed by atoms with E-state index in [1.54, 1.807) is 0 Å². The third-order valence-electron chi connectivity index (χ3n) is 4.31. The van der Waals surface area contributed by atoms with Crippen LogP contribution in [0, 0.1) is 0 Å². The predicted molar refractivity (Wildman–Crippen MR) is 141 cm³/mol. The summed E-state index contributed by atoms with van der Waals surface area (Å²) < 4.78 is 0. The number of hydrogen-bond acceptors (Lipinski definition) is 4. The second-order valence-corrected chi connectivity index (χ2v) is 6.76. The maximum absolute atomic E-state index is 5.35. The van der Waals surface area contributed by atoms with E-state index >= 15 is 0 Å². The zero-order valence-corrected chi connectivity index (χ0v) is 19.2. The first-order chi connectivity index (χ1) is 15.7. The molecule has 0 aromatic heterocycles. The Hall–Kier alpha value is -3.32. The van der Waals surface area contributed by atoms with Crippen molar-refractivity contribution in [1.82, 2.24) is 0 Å². The molecule has 0 aliphatic heterocycles. The molecule has 5 nitrogen and oxygen atoms in total. The second kappa shape index (κ2) is 20.6. The van der Waals surface area contributed by atoms with Crippen molar-refractivity contribution in [2.45, 2.75) is 26.2 Å². The highest BCUT2D eigenvalue weighted by Gasteiger charge is 1.82. The summed E-state index contributed by atoms with van der Waals surface area (Å²) in [6, 6.07) is 40.0. The highest BCUT2D eigenvalue weighted by atomic mass is 16.0. The lowest BCUT2D eigenvalue weighted by Crippen LogP contribution is -1.94. The summed E-state index contributed by atoms with van der Waals surface area (Å²) >= 11 is 0. The molecular formula is C28H38N4O. The molecule has 176 valence electrons.